The van der Waals surface area contributed by atoms with Gasteiger partial charge in [-0.15, -0.1) is 0 Å². The van der Waals surface area contributed by atoms with Crippen molar-refractivity contribution in [2.45, 2.75) is 59.0 Å². The molecule has 0 heterocycles. The molecule has 2 radical (unpaired) electrons. The normalized spacial score (nSPS) is 12.2. The van der Waals surface area contributed by atoms with Gasteiger partial charge in [-0.1, -0.05) is 34.7 Å². The van der Waals surface area contributed by atoms with Crippen LogP contribution >= 0.6 is 0 Å². The fraction of sp³-hybridized carbons (Fsp3) is 0.429. The molecule has 0 amide bonds. The zero-order chi connectivity index (χ0) is 18.8. The number of hydroxylamine groups is 2. The summed E-state index contributed by atoms with van der Waals surface area (Å²) < 4.78 is 0. The summed E-state index contributed by atoms with van der Waals surface area (Å²) in [7, 11) is 0. The highest BCUT2D eigenvalue weighted by atomic mass is 16.5. The fourth-order valence-corrected chi connectivity index (χ4v) is 2.51. The second-order valence-electron chi connectivity index (χ2n) is 8.44. The van der Waals surface area contributed by atoms with E-state index in [1.807, 2.05) is 90.1 Å². The molecule has 4 heteroatoms. The van der Waals surface area contributed by atoms with Gasteiger partial charge in [0.05, 0.1) is 22.5 Å². The Bertz CT molecular complexity index is 618. The van der Waals surface area contributed by atoms with Crippen molar-refractivity contribution in [1.82, 2.24) is 0 Å². The molecular weight excluding hydrogens is 312 g/mol. The molecule has 0 aliphatic rings. The largest absolute Gasteiger partial charge is 0.215 e. The summed E-state index contributed by atoms with van der Waals surface area (Å²) in [4.78, 5) is 0. The smallest absolute Gasteiger partial charge is 0.0674 e. The molecule has 0 aromatic heterocycles. The van der Waals surface area contributed by atoms with Crippen LogP contribution in [0.1, 0.15) is 52.7 Å². The van der Waals surface area contributed by atoms with Crippen molar-refractivity contribution in [1.29, 1.82) is 0 Å². The second-order valence-corrected chi connectivity index (χ2v) is 8.44. The number of hydrogen-bond acceptors (Lipinski definition) is 2. The molecule has 0 bridgehead atoms. The molecule has 0 saturated carbocycles. The minimum atomic E-state index is -0.450. The summed E-state index contributed by atoms with van der Waals surface area (Å²) in [6.07, 6.45) is 0.767. The molecule has 2 aromatic rings. The van der Waals surface area contributed by atoms with Gasteiger partial charge in [-0.3, -0.25) is 0 Å². The SMILES string of the molecule is CC(C)(C)N([O])c1ccc(Cc2ccc(N([O])C(C)(C)C)cc2)cc1. The van der Waals surface area contributed by atoms with Crippen molar-refractivity contribution in [3.8, 4) is 0 Å². The van der Waals surface area contributed by atoms with Gasteiger partial charge >= 0.3 is 0 Å². The average molecular weight is 340 g/mol. The third-order valence-corrected chi connectivity index (χ3v) is 3.97. The van der Waals surface area contributed by atoms with Crippen LogP contribution in [0.3, 0.4) is 0 Å². The minimum absolute atomic E-state index is 0.450. The highest BCUT2D eigenvalue weighted by Crippen LogP contribution is 2.25. The van der Waals surface area contributed by atoms with Crippen molar-refractivity contribution >= 4 is 11.4 Å². The summed E-state index contributed by atoms with van der Waals surface area (Å²) in [5, 5.41) is 26.5. The monoisotopic (exact) mass is 340 g/mol. The van der Waals surface area contributed by atoms with Gasteiger partial charge < -0.3 is 0 Å². The first-order chi connectivity index (χ1) is 11.5. The number of rotatable bonds is 4. The first-order valence-electron chi connectivity index (χ1n) is 8.61. The van der Waals surface area contributed by atoms with E-state index in [2.05, 4.69) is 0 Å². The van der Waals surface area contributed by atoms with Crippen LogP contribution in [0.4, 0.5) is 11.4 Å². The lowest BCUT2D eigenvalue weighted by atomic mass is 10.0. The van der Waals surface area contributed by atoms with E-state index in [-0.39, 0.29) is 0 Å². The van der Waals surface area contributed by atoms with Gasteiger partial charge in [0, 0.05) is 0 Å². The topological polar surface area (TPSA) is 46.3 Å². The molecule has 0 atom stereocenters. The maximum atomic E-state index is 12.2. The number of benzene rings is 2. The van der Waals surface area contributed by atoms with Crippen LogP contribution in [0.2, 0.25) is 0 Å². The van der Waals surface area contributed by atoms with E-state index in [9.17, 15) is 10.4 Å². The lowest BCUT2D eigenvalue weighted by Gasteiger charge is -2.29. The van der Waals surface area contributed by atoms with Gasteiger partial charge in [0.1, 0.15) is 0 Å². The molecule has 134 valence electrons. The molecule has 0 fully saturated rings. The van der Waals surface area contributed by atoms with E-state index >= 15 is 0 Å². The average Bonchev–Trinajstić information content (AvgIpc) is 2.53. The minimum Gasteiger partial charge on any atom is -0.215 e. The van der Waals surface area contributed by atoms with Crippen LogP contribution in [0.15, 0.2) is 48.5 Å². The Labute approximate surface area is 151 Å². The zero-order valence-corrected chi connectivity index (χ0v) is 16.0. The van der Waals surface area contributed by atoms with Gasteiger partial charge in [-0.2, -0.15) is 0 Å². The molecule has 0 N–H and O–H groups in total. The molecular formula is C21H28N2O2. The number of hydrogen-bond donors (Lipinski definition) is 0. The summed E-state index contributed by atoms with van der Waals surface area (Å²) in [5.74, 6) is 0. The van der Waals surface area contributed by atoms with Crippen molar-refractivity contribution in [3.63, 3.8) is 0 Å². The predicted octanol–water partition coefficient (Wildman–Crippen LogP) is 5.18. The Morgan fingerprint density at radius 2 is 0.880 bits per heavy atom. The van der Waals surface area contributed by atoms with E-state index in [1.54, 1.807) is 0 Å². The van der Waals surface area contributed by atoms with Crippen LogP contribution in [0.5, 0.6) is 0 Å². The molecule has 0 spiro atoms. The molecule has 2 rings (SSSR count). The van der Waals surface area contributed by atoms with Gasteiger partial charge in [0.2, 0.25) is 0 Å². The third kappa shape index (κ3) is 4.97. The Morgan fingerprint density at radius 1 is 0.600 bits per heavy atom. The first kappa shape index (κ1) is 19.3. The predicted molar refractivity (Wildman–Crippen MR) is 102 cm³/mol. The van der Waals surface area contributed by atoms with Crippen LogP contribution in [0, 0.1) is 0 Å². The number of nitrogens with zero attached hydrogens (tertiary/aromatic N) is 2. The van der Waals surface area contributed by atoms with Crippen LogP contribution in [-0.4, -0.2) is 11.1 Å². The van der Waals surface area contributed by atoms with E-state index < -0.39 is 11.1 Å². The van der Waals surface area contributed by atoms with Crippen molar-refractivity contribution in [3.05, 3.63) is 59.7 Å². The van der Waals surface area contributed by atoms with Gasteiger partial charge in [0.25, 0.3) is 0 Å². The summed E-state index contributed by atoms with van der Waals surface area (Å²) >= 11 is 0. The van der Waals surface area contributed by atoms with Crippen LogP contribution in [0.25, 0.3) is 0 Å². The first-order valence-corrected chi connectivity index (χ1v) is 8.61. The molecule has 4 nitrogen and oxygen atoms in total. The van der Waals surface area contributed by atoms with E-state index in [0.717, 1.165) is 27.7 Å². The lowest BCUT2D eigenvalue weighted by molar-refractivity contribution is 0.102. The number of anilines is 2. The quantitative estimate of drug-likeness (QED) is 0.720. The second kappa shape index (κ2) is 7.06. The standard InChI is InChI=1S/C21H28N2O2/c1-20(2,3)22(24)18-11-7-16(8-12-18)15-17-9-13-19(14-10-17)23(25)21(4,5)6/h7-14H,15H2,1-6H3. The van der Waals surface area contributed by atoms with Crippen LogP contribution < -0.4 is 10.1 Å². The Kier molecular flexibility index (Phi) is 5.45. The highest BCUT2D eigenvalue weighted by Gasteiger charge is 2.22. The third-order valence-electron chi connectivity index (χ3n) is 3.97. The van der Waals surface area contributed by atoms with Gasteiger partial charge in [-0.25, -0.2) is 10.1 Å². The molecule has 2 aromatic carbocycles. The van der Waals surface area contributed by atoms with Gasteiger partial charge in [0.15, 0.2) is 0 Å². The van der Waals surface area contributed by atoms with Gasteiger partial charge in [-0.05, 0) is 83.4 Å². The van der Waals surface area contributed by atoms with E-state index in [0.29, 0.717) is 11.4 Å². The zero-order valence-electron chi connectivity index (χ0n) is 16.0. The van der Waals surface area contributed by atoms with E-state index in [1.165, 1.54) is 0 Å². The molecule has 0 aliphatic carbocycles. The van der Waals surface area contributed by atoms with Crippen LogP contribution in [-0.2, 0) is 16.8 Å². The Balaban J connectivity index is 2.08. The molecule has 0 saturated heterocycles. The Hall–Kier alpha value is -2.04. The molecule has 25 heavy (non-hydrogen) atoms. The van der Waals surface area contributed by atoms with E-state index in [4.69, 9.17) is 0 Å². The molecule has 0 unspecified atom stereocenters. The van der Waals surface area contributed by atoms with Crippen molar-refractivity contribution in [2.24, 2.45) is 0 Å². The summed E-state index contributed by atoms with van der Waals surface area (Å²) in [6, 6.07) is 15.4. The Morgan fingerprint density at radius 3 is 1.12 bits per heavy atom. The lowest BCUT2D eigenvalue weighted by Crippen LogP contribution is -2.37. The maximum absolute atomic E-state index is 12.2. The van der Waals surface area contributed by atoms with Crippen molar-refractivity contribution < 1.29 is 10.4 Å². The fourth-order valence-electron chi connectivity index (χ4n) is 2.51. The summed E-state index contributed by atoms with van der Waals surface area (Å²) in [5.41, 5.74) is 2.70. The van der Waals surface area contributed by atoms with Crippen molar-refractivity contribution in [2.75, 3.05) is 10.1 Å². The molecule has 0 aliphatic heterocycles. The highest BCUT2D eigenvalue weighted by molar-refractivity contribution is 5.49. The summed E-state index contributed by atoms with van der Waals surface area (Å²) in [6.45, 7) is 11.4. The maximum Gasteiger partial charge on any atom is 0.0674 e.